The average Bonchev–Trinajstić information content (AvgIpc) is 1.99. The van der Waals surface area contributed by atoms with Gasteiger partial charge in [-0.05, 0) is 12.3 Å². The fraction of sp³-hybridized carbons (Fsp3) is 0.889. The molecule has 0 saturated carbocycles. The first-order valence-corrected chi connectivity index (χ1v) is 4.22. The van der Waals surface area contributed by atoms with Crippen LogP contribution in [0, 0.1) is 5.92 Å². The van der Waals surface area contributed by atoms with Crippen LogP contribution in [0.25, 0.3) is 0 Å². The molecule has 0 amide bonds. The molecule has 0 N–H and O–H groups in total. The monoisotopic (exact) mass is 142 g/mol. The molecule has 0 spiro atoms. The molecule has 0 fully saturated rings. The van der Waals surface area contributed by atoms with Crippen LogP contribution in [0.1, 0.15) is 46.5 Å². The normalized spacial score (nSPS) is 13.1. The van der Waals surface area contributed by atoms with Gasteiger partial charge in [0.05, 0.1) is 0 Å². The van der Waals surface area contributed by atoms with Crippen LogP contribution in [-0.4, -0.2) is 5.78 Å². The molecular formula is C9H18O. The predicted octanol–water partition coefficient (Wildman–Crippen LogP) is 2.79. The molecule has 0 bridgehead atoms. The Morgan fingerprint density at radius 3 is 2.40 bits per heavy atom. The fourth-order valence-electron chi connectivity index (χ4n) is 0.788. The smallest absolute Gasteiger partial charge is 0.132 e. The van der Waals surface area contributed by atoms with E-state index in [1.54, 1.807) is 0 Å². The van der Waals surface area contributed by atoms with Gasteiger partial charge in [-0.25, -0.2) is 0 Å². The molecule has 0 aromatic heterocycles. The summed E-state index contributed by atoms with van der Waals surface area (Å²) in [5.74, 6) is 1.12. The van der Waals surface area contributed by atoms with Crippen molar-refractivity contribution in [2.24, 2.45) is 5.92 Å². The molecule has 1 atom stereocenters. The number of Topliss-reactive ketones (excluding diaryl/α,β-unsaturated/α-hetero) is 1. The van der Waals surface area contributed by atoms with Gasteiger partial charge in [0.1, 0.15) is 5.78 Å². The van der Waals surface area contributed by atoms with Crippen molar-refractivity contribution in [2.45, 2.75) is 46.5 Å². The van der Waals surface area contributed by atoms with Crippen molar-refractivity contribution in [1.29, 1.82) is 0 Å². The van der Waals surface area contributed by atoms with Gasteiger partial charge in [0, 0.05) is 12.8 Å². The van der Waals surface area contributed by atoms with Gasteiger partial charge in [0.25, 0.3) is 0 Å². The first-order valence-electron chi connectivity index (χ1n) is 4.22. The van der Waals surface area contributed by atoms with E-state index in [1.165, 1.54) is 6.42 Å². The Bertz CT molecular complexity index is 96.9. The highest BCUT2D eigenvalue weighted by molar-refractivity contribution is 5.77. The van der Waals surface area contributed by atoms with Gasteiger partial charge in [-0.3, -0.25) is 4.79 Å². The third-order valence-electron chi connectivity index (χ3n) is 2.01. The molecule has 1 heteroatoms. The first-order chi connectivity index (χ1) is 4.70. The molecule has 0 saturated heterocycles. The van der Waals surface area contributed by atoms with Gasteiger partial charge in [-0.2, -0.15) is 0 Å². The van der Waals surface area contributed by atoms with Crippen LogP contribution in [0.3, 0.4) is 0 Å². The Morgan fingerprint density at radius 2 is 2.00 bits per heavy atom. The first kappa shape index (κ1) is 9.67. The van der Waals surface area contributed by atoms with Crippen molar-refractivity contribution >= 4 is 5.78 Å². The van der Waals surface area contributed by atoms with Crippen molar-refractivity contribution in [3.63, 3.8) is 0 Å². The Balaban J connectivity index is 3.26. The van der Waals surface area contributed by atoms with Crippen molar-refractivity contribution in [1.82, 2.24) is 0 Å². The molecule has 0 aromatic rings. The topological polar surface area (TPSA) is 17.1 Å². The lowest BCUT2D eigenvalue weighted by molar-refractivity contribution is -0.119. The average molecular weight is 142 g/mol. The minimum absolute atomic E-state index is 0.403. The predicted molar refractivity (Wildman–Crippen MR) is 44.0 cm³/mol. The summed E-state index contributed by atoms with van der Waals surface area (Å²) in [5, 5.41) is 0. The maximum atomic E-state index is 10.8. The quantitative estimate of drug-likeness (QED) is 0.577. The van der Waals surface area contributed by atoms with Crippen LogP contribution < -0.4 is 0 Å². The third-order valence-corrected chi connectivity index (χ3v) is 2.01. The second kappa shape index (κ2) is 5.45. The number of hydrogen-bond acceptors (Lipinski definition) is 1. The van der Waals surface area contributed by atoms with Crippen LogP contribution in [0.15, 0.2) is 0 Å². The Labute approximate surface area is 63.8 Å². The van der Waals surface area contributed by atoms with Crippen LogP contribution in [-0.2, 0) is 4.79 Å². The van der Waals surface area contributed by atoms with Crippen LogP contribution in [0.2, 0.25) is 0 Å². The molecule has 0 aromatic carbocycles. The van der Waals surface area contributed by atoms with Crippen molar-refractivity contribution in [3.05, 3.63) is 0 Å². The van der Waals surface area contributed by atoms with Gasteiger partial charge in [-0.15, -0.1) is 0 Å². The summed E-state index contributed by atoms with van der Waals surface area (Å²) in [7, 11) is 0. The zero-order valence-corrected chi connectivity index (χ0v) is 7.31. The SMILES string of the molecule is CCC(=O)CCC(C)CC. The summed E-state index contributed by atoms with van der Waals surface area (Å²) < 4.78 is 0. The third kappa shape index (κ3) is 4.54. The van der Waals surface area contributed by atoms with E-state index in [9.17, 15) is 4.79 Å². The summed E-state index contributed by atoms with van der Waals surface area (Å²) in [6.07, 6.45) is 3.75. The van der Waals surface area contributed by atoms with Crippen molar-refractivity contribution in [2.75, 3.05) is 0 Å². The molecule has 0 aliphatic carbocycles. The summed E-state index contributed by atoms with van der Waals surface area (Å²) >= 11 is 0. The molecule has 60 valence electrons. The lowest BCUT2D eigenvalue weighted by Gasteiger charge is -2.05. The number of carbonyl (C=O) groups excluding carboxylic acids is 1. The summed E-state index contributed by atoms with van der Waals surface area (Å²) in [6, 6.07) is 0. The highest BCUT2D eigenvalue weighted by Crippen LogP contribution is 2.09. The minimum Gasteiger partial charge on any atom is -0.300 e. The molecular weight excluding hydrogens is 124 g/mol. The van der Waals surface area contributed by atoms with E-state index in [2.05, 4.69) is 13.8 Å². The van der Waals surface area contributed by atoms with Gasteiger partial charge in [0.15, 0.2) is 0 Å². The number of rotatable bonds is 5. The fourth-order valence-corrected chi connectivity index (χ4v) is 0.788. The summed E-state index contributed by atoms with van der Waals surface area (Å²) in [4.78, 5) is 10.8. The molecule has 1 nitrogen and oxygen atoms in total. The Hall–Kier alpha value is -0.330. The lowest BCUT2D eigenvalue weighted by atomic mass is 10.0. The van der Waals surface area contributed by atoms with Crippen molar-refractivity contribution < 1.29 is 4.79 Å². The number of carbonyl (C=O) groups is 1. The zero-order chi connectivity index (χ0) is 7.98. The van der Waals surface area contributed by atoms with Crippen LogP contribution in [0.5, 0.6) is 0 Å². The summed E-state index contributed by atoms with van der Waals surface area (Å²) in [6.45, 7) is 6.29. The van der Waals surface area contributed by atoms with Crippen molar-refractivity contribution in [3.8, 4) is 0 Å². The minimum atomic E-state index is 0.403. The van der Waals surface area contributed by atoms with Gasteiger partial charge in [0.2, 0.25) is 0 Å². The zero-order valence-electron chi connectivity index (χ0n) is 7.31. The van der Waals surface area contributed by atoms with E-state index in [4.69, 9.17) is 0 Å². The molecule has 0 radical (unpaired) electrons. The molecule has 0 aliphatic heterocycles. The lowest BCUT2D eigenvalue weighted by Crippen LogP contribution is -1.99. The second-order valence-corrected chi connectivity index (χ2v) is 2.94. The standard InChI is InChI=1S/C9H18O/c1-4-8(3)6-7-9(10)5-2/h8H,4-7H2,1-3H3. The van der Waals surface area contributed by atoms with E-state index in [1.807, 2.05) is 6.92 Å². The Kier molecular flexibility index (Phi) is 5.27. The van der Waals surface area contributed by atoms with Gasteiger partial charge >= 0.3 is 0 Å². The van der Waals surface area contributed by atoms with E-state index in [0.29, 0.717) is 12.2 Å². The molecule has 0 rings (SSSR count). The van der Waals surface area contributed by atoms with E-state index < -0.39 is 0 Å². The van der Waals surface area contributed by atoms with Crippen LogP contribution >= 0.6 is 0 Å². The molecule has 1 unspecified atom stereocenters. The second-order valence-electron chi connectivity index (χ2n) is 2.94. The van der Waals surface area contributed by atoms with E-state index in [-0.39, 0.29) is 0 Å². The molecule has 0 heterocycles. The summed E-state index contributed by atoms with van der Waals surface area (Å²) in [5.41, 5.74) is 0. The van der Waals surface area contributed by atoms with Gasteiger partial charge < -0.3 is 0 Å². The number of hydrogen-bond donors (Lipinski definition) is 0. The maximum Gasteiger partial charge on any atom is 0.132 e. The van der Waals surface area contributed by atoms with E-state index >= 15 is 0 Å². The maximum absolute atomic E-state index is 10.8. The van der Waals surface area contributed by atoms with Gasteiger partial charge in [-0.1, -0.05) is 27.2 Å². The Morgan fingerprint density at radius 1 is 1.40 bits per heavy atom. The largest absolute Gasteiger partial charge is 0.300 e. The molecule has 10 heavy (non-hydrogen) atoms. The highest BCUT2D eigenvalue weighted by atomic mass is 16.1. The molecule has 0 aliphatic rings. The number of ketones is 1. The van der Waals surface area contributed by atoms with E-state index in [0.717, 1.165) is 18.8 Å². The van der Waals surface area contributed by atoms with Crippen LogP contribution in [0.4, 0.5) is 0 Å². The highest BCUT2D eigenvalue weighted by Gasteiger charge is 2.02.